The Morgan fingerprint density at radius 1 is 0.900 bits per heavy atom. The molecule has 0 saturated carbocycles. The minimum Gasteiger partial charge on any atom is -0.506 e. The molecule has 0 spiro atoms. The highest BCUT2D eigenvalue weighted by atomic mass is 32.2. The molecular weight excluding hydrogens is 402 g/mol. The van der Waals surface area contributed by atoms with E-state index in [0.29, 0.717) is 6.54 Å². The number of nitrogens with one attached hydrogen (secondary N) is 1. The normalized spacial score (nSPS) is 11.7. The Labute approximate surface area is 179 Å². The number of benzene rings is 2. The number of rotatable bonds is 13. The summed E-state index contributed by atoms with van der Waals surface area (Å²) in [4.78, 5) is 12.1. The second-order valence-electron chi connectivity index (χ2n) is 7.73. The van der Waals surface area contributed by atoms with Crippen LogP contribution in [0.1, 0.15) is 81.5 Å². The van der Waals surface area contributed by atoms with E-state index >= 15 is 0 Å². The molecule has 2 aromatic rings. The Bertz CT molecular complexity index is 940. The zero-order valence-corrected chi connectivity index (χ0v) is 18.5. The van der Waals surface area contributed by atoms with Gasteiger partial charge in [0.1, 0.15) is 10.6 Å². The quantitative estimate of drug-likeness (QED) is 0.287. The summed E-state index contributed by atoms with van der Waals surface area (Å²) < 4.78 is 33.0. The summed E-state index contributed by atoms with van der Waals surface area (Å²) >= 11 is 0. The topological polar surface area (TPSA) is 104 Å². The number of carbonyl (C=O) groups is 1. The van der Waals surface area contributed by atoms with Crippen LogP contribution in [0.15, 0.2) is 35.2 Å². The largest absolute Gasteiger partial charge is 0.506 e. The maximum absolute atomic E-state index is 12.5. The lowest BCUT2D eigenvalue weighted by Crippen LogP contribution is -2.25. The molecule has 30 heavy (non-hydrogen) atoms. The SMILES string of the molecule is CCCCCCCCCCCCNC(=O)c1cc(S(=O)(=O)O)c2ccccc2c1O. The van der Waals surface area contributed by atoms with Crippen LogP contribution >= 0.6 is 0 Å². The molecule has 0 aromatic heterocycles. The molecule has 2 rings (SSSR count). The molecule has 0 unspecified atom stereocenters. The third-order valence-electron chi connectivity index (χ3n) is 5.32. The molecule has 0 saturated heterocycles. The van der Waals surface area contributed by atoms with E-state index in [9.17, 15) is 22.9 Å². The van der Waals surface area contributed by atoms with Crippen molar-refractivity contribution in [2.75, 3.05) is 6.54 Å². The van der Waals surface area contributed by atoms with Crippen molar-refractivity contribution >= 4 is 26.8 Å². The van der Waals surface area contributed by atoms with Gasteiger partial charge in [-0.05, 0) is 12.5 Å². The molecule has 0 aliphatic heterocycles. The number of amides is 1. The van der Waals surface area contributed by atoms with Crippen molar-refractivity contribution in [2.24, 2.45) is 0 Å². The Hall–Kier alpha value is -2.12. The molecule has 1 amide bonds. The number of hydrogen-bond donors (Lipinski definition) is 3. The van der Waals surface area contributed by atoms with Crippen molar-refractivity contribution in [2.45, 2.75) is 76.0 Å². The molecule has 0 radical (unpaired) electrons. The van der Waals surface area contributed by atoms with Crippen LogP contribution < -0.4 is 5.32 Å². The molecule has 166 valence electrons. The molecule has 2 aromatic carbocycles. The average Bonchev–Trinajstić information content (AvgIpc) is 2.71. The van der Waals surface area contributed by atoms with E-state index in [1.165, 1.54) is 57.1 Å². The van der Waals surface area contributed by atoms with Gasteiger partial charge in [0, 0.05) is 17.3 Å². The van der Waals surface area contributed by atoms with E-state index in [-0.39, 0.29) is 27.0 Å². The average molecular weight is 436 g/mol. The van der Waals surface area contributed by atoms with E-state index in [1.807, 2.05) is 0 Å². The fourth-order valence-electron chi connectivity index (χ4n) is 3.62. The van der Waals surface area contributed by atoms with Crippen molar-refractivity contribution in [3.05, 3.63) is 35.9 Å². The van der Waals surface area contributed by atoms with Crippen LogP contribution in [-0.4, -0.2) is 30.5 Å². The first-order chi connectivity index (χ1) is 14.4. The van der Waals surface area contributed by atoms with Crippen LogP contribution in [-0.2, 0) is 10.1 Å². The Kier molecular flexibility index (Phi) is 9.59. The summed E-state index contributed by atoms with van der Waals surface area (Å²) in [7, 11) is -4.54. The molecule has 0 heterocycles. The summed E-state index contributed by atoms with van der Waals surface area (Å²) in [6.07, 6.45) is 11.9. The fraction of sp³-hybridized carbons (Fsp3) is 0.522. The van der Waals surface area contributed by atoms with Gasteiger partial charge in [0.25, 0.3) is 16.0 Å². The van der Waals surface area contributed by atoms with Gasteiger partial charge in [0.2, 0.25) is 0 Å². The Morgan fingerprint density at radius 3 is 2.00 bits per heavy atom. The highest BCUT2D eigenvalue weighted by Crippen LogP contribution is 2.33. The van der Waals surface area contributed by atoms with Gasteiger partial charge in [0.15, 0.2) is 0 Å². The standard InChI is InChI=1S/C23H33NO5S/c1-2-3-4-5-6-7-8-9-10-13-16-24-23(26)20-17-21(30(27,28)29)18-14-11-12-15-19(18)22(20)25/h11-12,14-15,17,25H,2-10,13,16H2,1H3,(H,24,26)(H,27,28,29). The zero-order valence-electron chi connectivity index (χ0n) is 17.7. The van der Waals surface area contributed by atoms with Crippen LogP contribution in [0.5, 0.6) is 5.75 Å². The minimum absolute atomic E-state index is 0.159. The third-order valence-corrected chi connectivity index (χ3v) is 6.21. The van der Waals surface area contributed by atoms with Gasteiger partial charge in [-0.25, -0.2) is 0 Å². The van der Waals surface area contributed by atoms with Crippen molar-refractivity contribution in [1.29, 1.82) is 0 Å². The predicted octanol–water partition coefficient (Wildman–Crippen LogP) is 5.44. The molecule has 0 aliphatic carbocycles. The summed E-state index contributed by atoms with van der Waals surface area (Å²) in [5, 5.41) is 13.6. The molecule has 7 heteroatoms. The van der Waals surface area contributed by atoms with E-state index in [4.69, 9.17) is 0 Å². The molecule has 0 fully saturated rings. The highest BCUT2D eigenvalue weighted by molar-refractivity contribution is 7.86. The fourth-order valence-corrected chi connectivity index (χ4v) is 4.35. The van der Waals surface area contributed by atoms with Gasteiger partial charge in [0.05, 0.1) is 5.56 Å². The van der Waals surface area contributed by atoms with E-state index in [0.717, 1.165) is 25.3 Å². The van der Waals surface area contributed by atoms with Crippen LogP contribution in [0, 0.1) is 0 Å². The van der Waals surface area contributed by atoms with Crippen molar-refractivity contribution < 1.29 is 22.9 Å². The van der Waals surface area contributed by atoms with Crippen molar-refractivity contribution in [3.8, 4) is 5.75 Å². The number of phenols is 1. The van der Waals surface area contributed by atoms with Gasteiger partial charge in [-0.15, -0.1) is 0 Å². The van der Waals surface area contributed by atoms with Crippen LogP contribution in [0.3, 0.4) is 0 Å². The first-order valence-corrected chi connectivity index (χ1v) is 12.3. The van der Waals surface area contributed by atoms with Crippen molar-refractivity contribution in [1.82, 2.24) is 5.32 Å². The monoisotopic (exact) mass is 435 g/mol. The number of fused-ring (bicyclic) bond motifs is 1. The molecule has 0 bridgehead atoms. The molecule has 0 atom stereocenters. The van der Waals surface area contributed by atoms with Gasteiger partial charge >= 0.3 is 0 Å². The Balaban J connectivity index is 1.85. The van der Waals surface area contributed by atoms with E-state index in [1.54, 1.807) is 12.1 Å². The number of hydrogen-bond acceptors (Lipinski definition) is 4. The van der Waals surface area contributed by atoms with E-state index in [2.05, 4.69) is 12.2 Å². The maximum atomic E-state index is 12.5. The summed E-state index contributed by atoms with van der Waals surface area (Å²) in [6, 6.07) is 7.24. The second kappa shape index (κ2) is 11.9. The smallest absolute Gasteiger partial charge is 0.295 e. The molecule has 6 nitrogen and oxygen atoms in total. The third kappa shape index (κ3) is 6.99. The first kappa shape index (κ1) is 24.2. The minimum atomic E-state index is -4.54. The number of unbranched alkanes of at least 4 members (excludes halogenated alkanes) is 9. The van der Waals surface area contributed by atoms with Gasteiger partial charge < -0.3 is 10.4 Å². The number of phenolic OH excluding ortho intramolecular Hbond substituents is 1. The summed E-state index contributed by atoms with van der Waals surface area (Å²) in [5.41, 5.74) is -0.159. The predicted molar refractivity (Wildman–Crippen MR) is 120 cm³/mol. The molecular formula is C23H33NO5S. The lowest BCUT2D eigenvalue weighted by Gasteiger charge is -2.12. The highest BCUT2D eigenvalue weighted by Gasteiger charge is 2.22. The zero-order chi connectivity index (χ0) is 22.0. The second-order valence-corrected chi connectivity index (χ2v) is 9.12. The van der Waals surface area contributed by atoms with Gasteiger partial charge in [-0.3, -0.25) is 9.35 Å². The van der Waals surface area contributed by atoms with Crippen molar-refractivity contribution in [3.63, 3.8) is 0 Å². The van der Waals surface area contributed by atoms with Crippen LogP contribution in [0.2, 0.25) is 0 Å². The number of aromatic hydroxyl groups is 1. The lowest BCUT2D eigenvalue weighted by atomic mass is 10.0. The summed E-state index contributed by atoms with van der Waals surface area (Å²) in [6.45, 7) is 2.66. The maximum Gasteiger partial charge on any atom is 0.295 e. The number of carbonyl (C=O) groups excluding carboxylic acids is 1. The summed E-state index contributed by atoms with van der Waals surface area (Å²) in [5.74, 6) is -0.849. The van der Waals surface area contributed by atoms with Crippen LogP contribution in [0.25, 0.3) is 10.8 Å². The first-order valence-electron chi connectivity index (χ1n) is 10.9. The molecule has 3 N–H and O–H groups in total. The van der Waals surface area contributed by atoms with Gasteiger partial charge in [-0.2, -0.15) is 8.42 Å². The Morgan fingerprint density at radius 2 is 1.43 bits per heavy atom. The van der Waals surface area contributed by atoms with E-state index < -0.39 is 16.0 Å². The molecule has 0 aliphatic rings. The van der Waals surface area contributed by atoms with Crippen LogP contribution in [0.4, 0.5) is 0 Å². The lowest BCUT2D eigenvalue weighted by molar-refractivity contribution is 0.0950. The van der Waals surface area contributed by atoms with Gasteiger partial charge in [-0.1, -0.05) is 89.0 Å².